The molecular weight excluding hydrogens is 248 g/mol. The summed E-state index contributed by atoms with van der Waals surface area (Å²) < 4.78 is 0. The lowest BCUT2D eigenvalue weighted by atomic mass is 9.79. The molecule has 0 unspecified atom stereocenters. The van der Waals surface area contributed by atoms with E-state index in [2.05, 4.69) is 18.0 Å². The molecule has 1 heterocycles. The van der Waals surface area contributed by atoms with Gasteiger partial charge in [0.05, 0.1) is 11.6 Å². The molecule has 102 valence electrons. The molecule has 0 saturated heterocycles. The third-order valence-corrected chi connectivity index (χ3v) is 4.46. The van der Waals surface area contributed by atoms with E-state index >= 15 is 0 Å². The van der Waals surface area contributed by atoms with Crippen LogP contribution in [0, 0.1) is 23.2 Å². The van der Waals surface area contributed by atoms with Crippen LogP contribution >= 0.6 is 0 Å². The Morgan fingerprint density at radius 1 is 1.30 bits per heavy atom. The Morgan fingerprint density at radius 3 is 2.75 bits per heavy atom. The summed E-state index contributed by atoms with van der Waals surface area (Å²) in [6.07, 6.45) is 6.10. The van der Waals surface area contributed by atoms with Gasteiger partial charge in [-0.1, -0.05) is 25.8 Å². The fourth-order valence-electron chi connectivity index (χ4n) is 3.14. The molecule has 3 nitrogen and oxygen atoms in total. The summed E-state index contributed by atoms with van der Waals surface area (Å²) in [5, 5.41) is 9.85. The van der Waals surface area contributed by atoms with Crippen molar-refractivity contribution in [3.63, 3.8) is 0 Å². The van der Waals surface area contributed by atoms with Crippen LogP contribution in [0.3, 0.4) is 0 Å². The van der Waals surface area contributed by atoms with Crippen LogP contribution in [0.4, 0.5) is 0 Å². The largest absolute Gasteiger partial charge is 0.360 e. The summed E-state index contributed by atoms with van der Waals surface area (Å²) in [6, 6.07) is 7.57. The van der Waals surface area contributed by atoms with Crippen molar-refractivity contribution >= 4 is 16.7 Å². The van der Waals surface area contributed by atoms with E-state index in [0.717, 1.165) is 48.1 Å². The monoisotopic (exact) mass is 266 g/mol. The Balaban J connectivity index is 1.90. The molecule has 0 spiro atoms. The molecule has 1 fully saturated rings. The molecule has 2 aromatic rings. The Hall–Kier alpha value is -2.08. The molecule has 0 amide bonds. The second-order valence-corrected chi connectivity index (χ2v) is 5.90. The van der Waals surface area contributed by atoms with Crippen LogP contribution in [0.5, 0.6) is 0 Å². The average Bonchev–Trinajstić information content (AvgIpc) is 2.90. The number of nitriles is 1. The Bertz CT molecular complexity index is 685. The van der Waals surface area contributed by atoms with Gasteiger partial charge >= 0.3 is 0 Å². The lowest BCUT2D eigenvalue weighted by Gasteiger charge is -2.24. The first-order valence-electron chi connectivity index (χ1n) is 7.24. The summed E-state index contributed by atoms with van der Waals surface area (Å²) in [5.74, 6) is 1.17. The predicted octanol–water partition coefficient (Wildman–Crippen LogP) is 4.05. The van der Waals surface area contributed by atoms with Crippen molar-refractivity contribution < 1.29 is 4.79 Å². The molecule has 1 aromatic heterocycles. The zero-order valence-corrected chi connectivity index (χ0v) is 11.6. The number of nitrogens with zero attached hydrogens (tertiary/aromatic N) is 1. The Morgan fingerprint density at radius 2 is 2.05 bits per heavy atom. The zero-order valence-electron chi connectivity index (χ0n) is 11.6. The van der Waals surface area contributed by atoms with Crippen LogP contribution in [0.2, 0.25) is 0 Å². The first kappa shape index (κ1) is 12.9. The molecule has 0 bridgehead atoms. The number of nitrogens with one attached hydrogen (secondary N) is 1. The minimum atomic E-state index is 0.167. The summed E-state index contributed by atoms with van der Waals surface area (Å²) in [4.78, 5) is 15.8. The second kappa shape index (κ2) is 5.13. The molecular formula is C17H18N2O. The molecule has 1 aliphatic carbocycles. The van der Waals surface area contributed by atoms with Crippen LogP contribution in [0.1, 0.15) is 48.5 Å². The molecule has 0 atom stereocenters. The highest BCUT2D eigenvalue weighted by Gasteiger charge is 2.26. The molecule has 1 N–H and O–H groups in total. The standard InChI is InChI=1S/C17H18N2O/c1-11-2-5-13(6-3-11)17(20)15-10-19-16-8-12(9-18)4-7-14(15)16/h4,7-8,10-11,13,19H,2-3,5-6H2,1H3. The number of fused-ring (bicyclic) bond motifs is 1. The third-order valence-electron chi connectivity index (χ3n) is 4.46. The minimum absolute atomic E-state index is 0.167. The normalized spacial score (nSPS) is 22.6. The van der Waals surface area contributed by atoms with Crippen molar-refractivity contribution in [2.24, 2.45) is 11.8 Å². The molecule has 1 aromatic carbocycles. The Kier molecular flexibility index (Phi) is 3.31. The number of ketones is 1. The predicted molar refractivity (Wildman–Crippen MR) is 78.5 cm³/mol. The van der Waals surface area contributed by atoms with Gasteiger partial charge in [-0.25, -0.2) is 0 Å². The molecule has 0 aliphatic heterocycles. The van der Waals surface area contributed by atoms with E-state index in [0.29, 0.717) is 5.56 Å². The van der Waals surface area contributed by atoms with Crippen molar-refractivity contribution in [2.45, 2.75) is 32.6 Å². The highest BCUT2D eigenvalue weighted by molar-refractivity contribution is 6.09. The number of hydrogen-bond acceptors (Lipinski definition) is 2. The number of rotatable bonds is 2. The van der Waals surface area contributed by atoms with Crippen LogP contribution in [0.25, 0.3) is 10.9 Å². The topological polar surface area (TPSA) is 56.6 Å². The van der Waals surface area contributed by atoms with Crippen LogP contribution < -0.4 is 0 Å². The van der Waals surface area contributed by atoms with Gasteiger partial charge in [0.15, 0.2) is 5.78 Å². The van der Waals surface area contributed by atoms with Gasteiger partial charge in [0.25, 0.3) is 0 Å². The van der Waals surface area contributed by atoms with Gasteiger partial charge in [-0.2, -0.15) is 5.26 Å². The average molecular weight is 266 g/mol. The van der Waals surface area contributed by atoms with Gasteiger partial charge in [-0.05, 0) is 30.9 Å². The van der Waals surface area contributed by atoms with E-state index in [-0.39, 0.29) is 11.7 Å². The molecule has 1 saturated carbocycles. The minimum Gasteiger partial charge on any atom is -0.360 e. The van der Waals surface area contributed by atoms with Gasteiger partial charge in [0, 0.05) is 28.6 Å². The maximum Gasteiger partial charge on any atom is 0.168 e. The van der Waals surface area contributed by atoms with Crippen LogP contribution in [0.15, 0.2) is 24.4 Å². The summed E-state index contributed by atoms with van der Waals surface area (Å²) in [5.41, 5.74) is 2.27. The number of aromatic amines is 1. The first-order chi connectivity index (χ1) is 9.69. The lowest BCUT2D eigenvalue weighted by molar-refractivity contribution is 0.0877. The van der Waals surface area contributed by atoms with Gasteiger partial charge in [0.1, 0.15) is 0 Å². The van der Waals surface area contributed by atoms with Crippen molar-refractivity contribution in [3.05, 3.63) is 35.5 Å². The van der Waals surface area contributed by atoms with Crippen molar-refractivity contribution in [3.8, 4) is 6.07 Å². The Labute approximate surface area is 118 Å². The van der Waals surface area contributed by atoms with E-state index < -0.39 is 0 Å². The zero-order chi connectivity index (χ0) is 14.1. The van der Waals surface area contributed by atoms with Gasteiger partial charge in [-0.15, -0.1) is 0 Å². The van der Waals surface area contributed by atoms with E-state index in [1.54, 1.807) is 18.3 Å². The van der Waals surface area contributed by atoms with E-state index in [4.69, 9.17) is 5.26 Å². The molecule has 3 rings (SSSR count). The number of carbonyl (C=O) groups is 1. The highest BCUT2D eigenvalue weighted by Crippen LogP contribution is 2.32. The van der Waals surface area contributed by atoms with Gasteiger partial charge < -0.3 is 4.98 Å². The summed E-state index contributed by atoms with van der Waals surface area (Å²) in [6.45, 7) is 2.26. The number of H-pyrrole nitrogens is 1. The quantitative estimate of drug-likeness (QED) is 0.834. The number of benzene rings is 1. The number of Topliss-reactive ketones (excluding diaryl/α,β-unsaturated/α-hetero) is 1. The van der Waals surface area contributed by atoms with Crippen molar-refractivity contribution in [1.29, 1.82) is 5.26 Å². The molecule has 1 aliphatic rings. The fourth-order valence-corrected chi connectivity index (χ4v) is 3.14. The van der Waals surface area contributed by atoms with Crippen LogP contribution in [-0.4, -0.2) is 10.8 Å². The molecule has 20 heavy (non-hydrogen) atoms. The maximum atomic E-state index is 12.7. The number of carbonyl (C=O) groups excluding carboxylic acids is 1. The SMILES string of the molecule is CC1CCC(C(=O)c2c[nH]c3cc(C#N)ccc23)CC1. The maximum absolute atomic E-state index is 12.7. The van der Waals surface area contributed by atoms with Gasteiger partial charge in [0.2, 0.25) is 0 Å². The van der Waals surface area contributed by atoms with E-state index in [9.17, 15) is 4.79 Å². The fraction of sp³-hybridized carbons (Fsp3) is 0.412. The second-order valence-electron chi connectivity index (χ2n) is 5.90. The van der Waals surface area contributed by atoms with E-state index in [1.165, 1.54) is 0 Å². The molecule has 0 radical (unpaired) electrons. The summed E-state index contributed by atoms with van der Waals surface area (Å²) >= 11 is 0. The number of aromatic nitrogens is 1. The van der Waals surface area contributed by atoms with Crippen molar-refractivity contribution in [1.82, 2.24) is 4.98 Å². The van der Waals surface area contributed by atoms with Crippen LogP contribution in [-0.2, 0) is 0 Å². The third kappa shape index (κ3) is 2.22. The molecule has 3 heteroatoms. The highest BCUT2D eigenvalue weighted by atomic mass is 16.1. The van der Waals surface area contributed by atoms with E-state index in [1.807, 2.05) is 6.07 Å². The smallest absolute Gasteiger partial charge is 0.168 e. The first-order valence-corrected chi connectivity index (χ1v) is 7.24. The van der Waals surface area contributed by atoms with Gasteiger partial charge in [-0.3, -0.25) is 4.79 Å². The number of hydrogen-bond donors (Lipinski definition) is 1. The summed E-state index contributed by atoms with van der Waals surface area (Å²) in [7, 11) is 0. The lowest BCUT2D eigenvalue weighted by Crippen LogP contribution is -2.20. The van der Waals surface area contributed by atoms with Crippen molar-refractivity contribution in [2.75, 3.05) is 0 Å².